The van der Waals surface area contributed by atoms with Gasteiger partial charge >= 0.3 is 0 Å². The Hall–Kier alpha value is -0.680. The fourth-order valence-electron chi connectivity index (χ4n) is 4.74. The Bertz CT molecular complexity index is 665. The number of aryl methyl sites for hydroxylation is 2. The van der Waals surface area contributed by atoms with Crippen LogP contribution in [0.3, 0.4) is 0 Å². The zero-order valence-electron chi connectivity index (χ0n) is 14.8. The second-order valence-electron chi connectivity index (χ2n) is 7.77. The van der Waals surface area contributed by atoms with Crippen molar-refractivity contribution in [1.29, 1.82) is 0 Å². The van der Waals surface area contributed by atoms with Crippen molar-refractivity contribution in [3.63, 3.8) is 0 Å². The molecule has 0 aromatic carbocycles. The first kappa shape index (κ1) is 16.8. The van der Waals surface area contributed by atoms with E-state index in [0.29, 0.717) is 5.92 Å². The van der Waals surface area contributed by atoms with E-state index in [9.17, 15) is 5.11 Å². The molecule has 4 heteroatoms. The number of hydrogen-bond donors (Lipinski definition) is 1. The molecule has 0 saturated carbocycles. The highest BCUT2D eigenvalue weighted by Gasteiger charge is 2.43. The van der Waals surface area contributed by atoms with Gasteiger partial charge < -0.3 is 10.0 Å². The molecule has 2 aromatic rings. The Kier molecular flexibility index (Phi) is 4.36. The summed E-state index contributed by atoms with van der Waals surface area (Å²) in [6.45, 7) is 4.26. The quantitative estimate of drug-likeness (QED) is 0.835. The summed E-state index contributed by atoms with van der Waals surface area (Å²) in [4.78, 5) is 7.38. The van der Waals surface area contributed by atoms with E-state index in [1.807, 2.05) is 0 Å². The maximum absolute atomic E-state index is 11.8. The zero-order valence-corrected chi connectivity index (χ0v) is 16.4. The summed E-state index contributed by atoms with van der Waals surface area (Å²) in [7, 11) is 2.29. The molecule has 2 fully saturated rings. The Balaban J connectivity index is 1.64. The number of nitrogens with zero attached hydrogens (tertiary/aromatic N) is 1. The summed E-state index contributed by atoms with van der Waals surface area (Å²) >= 11 is 3.50. The van der Waals surface area contributed by atoms with Crippen LogP contribution in [0.2, 0.25) is 0 Å². The van der Waals surface area contributed by atoms with Crippen LogP contribution in [0, 0.1) is 19.8 Å². The lowest BCUT2D eigenvalue weighted by atomic mass is 9.80. The molecule has 0 radical (unpaired) electrons. The van der Waals surface area contributed by atoms with Crippen molar-refractivity contribution in [2.24, 2.45) is 5.92 Å². The van der Waals surface area contributed by atoms with Crippen LogP contribution < -0.4 is 0 Å². The molecule has 0 aliphatic carbocycles. The van der Waals surface area contributed by atoms with Gasteiger partial charge in [0.1, 0.15) is 5.60 Å². The summed E-state index contributed by atoms with van der Waals surface area (Å²) in [5.74, 6) is 0.619. The lowest BCUT2D eigenvalue weighted by molar-refractivity contribution is 0.0321. The number of piperidine rings is 1. The van der Waals surface area contributed by atoms with Crippen LogP contribution in [-0.4, -0.2) is 29.1 Å². The Morgan fingerprint density at radius 3 is 1.92 bits per heavy atom. The number of hydrogen-bond acceptors (Lipinski definition) is 4. The first-order valence-corrected chi connectivity index (χ1v) is 10.7. The zero-order chi connectivity index (χ0) is 16.9. The van der Waals surface area contributed by atoms with E-state index in [2.05, 4.69) is 50.1 Å². The molecule has 2 aliphatic heterocycles. The molecule has 2 unspecified atom stereocenters. The lowest BCUT2D eigenvalue weighted by Crippen LogP contribution is -2.42. The van der Waals surface area contributed by atoms with E-state index in [0.717, 1.165) is 28.3 Å². The molecule has 2 bridgehead atoms. The van der Waals surface area contributed by atoms with Gasteiger partial charge in [-0.25, -0.2) is 0 Å². The number of fused-ring (bicyclic) bond motifs is 2. The molecule has 1 N–H and O–H groups in total. The molecule has 2 atom stereocenters. The van der Waals surface area contributed by atoms with E-state index in [1.54, 1.807) is 22.7 Å². The molecule has 0 amide bonds. The van der Waals surface area contributed by atoms with Crippen LogP contribution in [0.15, 0.2) is 24.3 Å². The first-order valence-electron chi connectivity index (χ1n) is 9.04. The minimum atomic E-state index is -0.808. The first-order chi connectivity index (χ1) is 11.5. The van der Waals surface area contributed by atoms with Gasteiger partial charge in [0.15, 0.2) is 0 Å². The van der Waals surface area contributed by atoms with Gasteiger partial charge in [-0.3, -0.25) is 0 Å². The third-order valence-electron chi connectivity index (χ3n) is 6.08. The van der Waals surface area contributed by atoms with Gasteiger partial charge in [-0.1, -0.05) is 0 Å². The molecule has 24 heavy (non-hydrogen) atoms. The molecular formula is C20H27NOS2. The van der Waals surface area contributed by atoms with Crippen molar-refractivity contribution >= 4 is 22.7 Å². The Morgan fingerprint density at radius 1 is 1.00 bits per heavy atom. The van der Waals surface area contributed by atoms with Crippen molar-refractivity contribution in [1.82, 2.24) is 4.90 Å². The van der Waals surface area contributed by atoms with E-state index >= 15 is 0 Å². The largest absolute Gasteiger partial charge is 0.379 e. The Morgan fingerprint density at radius 2 is 1.50 bits per heavy atom. The summed E-state index contributed by atoms with van der Waals surface area (Å²) in [6.07, 6.45) is 6.03. The van der Waals surface area contributed by atoms with Gasteiger partial charge in [-0.2, -0.15) is 0 Å². The predicted molar refractivity (Wildman–Crippen MR) is 103 cm³/mol. The summed E-state index contributed by atoms with van der Waals surface area (Å²) in [6, 6.07) is 10.0. The maximum Gasteiger partial charge on any atom is 0.133 e. The summed E-state index contributed by atoms with van der Waals surface area (Å²) in [5.41, 5.74) is -0.808. The predicted octanol–water partition coefficient (Wildman–Crippen LogP) is 4.93. The van der Waals surface area contributed by atoms with Crippen LogP contribution in [0.1, 0.15) is 51.6 Å². The van der Waals surface area contributed by atoms with Gasteiger partial charge in [0.05, 0.1) is 0 Å². The number of aliphatic hydroxyl groups is 1. The van der Waals surface area contributed by atoms with Crippen molar-refractivity contribution in [3.8, 4) is 0 Å². The Labute approximate surface area is 153 Å². The van der Waals surface area contributed by atoms with E-state index in [1.165, 1.54) is 35.4 Å². The SMILES string of the molecule is Cc1ccc(C(O)(CC2CC3CCC(C2)N3C)c2ccc(C)s2)s1. The van der Waals surface area contributed by atoms with Crippen molar-refractivity contribution in [2.75, 3.05) is 7.05 Å². The van der Waals surface area contributed by atoms with Crippen molar-refractivity contribution in [3.05, 3.63) is 43.8 Å². The molecule has 2 aliphatic rings. The standard InChI is InChI=1S/C20H27NOS2/c1-13-4-8-18(23-13)20(22,19-9-5-14(2)24-19)12-15-10-16-6-7-17(11-15)21(16)3/h4-5,8-9,15-17,22H,6-7,10-12H2,1-3H3. The minimum Gasteiger partial charge on any atom is -0.379 e. The second-order valence-corrected chi connectivity index (χ2v) is 10.3. The third kappa shape index (κ3) is 2.88. The average Bonchev–Trinajstić information content (AvgIpc) is 3.20. The highest BCUT2D eigenvalue weighted by atomic mass is 32.1. The number of thiophene rings is 2. The minimum absolute atomic E-state index is 0.619. The van der Waals surface area contributed by atoms with Crippen LogP contribution in [0.4, 0.5) is 0 Å². The average molecular weight is 362 g/mol. The fraction of sp³-hybridized carbons (Fsp3) is 0.600. The third-order valence-corrected chi connectivity index (χ3v) is 8.38. The maximum atomic E-state index is 11.8. The molecular weight excluding hydrogens is 334 g/mol. The van der Waals surface area contributed by atoms with E-state index in [4.69, 9.17) is 0 Å². The highest BCUT2D eigenvalue weighted by molar-refractivity contribution is 7.13. The molecule has 2 nitrogen and oxygen atoms in total. The lowest BCUT2D eigenvalue weighted by Gasteiger charge is -2.39. The van der Waals surface area contributed by atoms with Gasteiger partial charge in [-0.05, 0) is 83.2 Å². The molecule has 2 aromatic heterocycles. The number of rotatable bonds is 4. The fourth-order valence-corrected chi connectivity index (χ4v) is 6.77. The monoisotopic (exact) mass is 361 g/mol. The van der Waals surface area contributed by atoms with Gasteiger partial charge in [-0.15, -0.1) is 22.7 Å². The normalized spacial score (nSPS) is 27.8. The second kappa shape index (κ2) is 6.24. The molecule has 4 rings (SSSR count). The van der Waals surface area contributed by atoms with Gasteiger partial charge in [0, 0.05) is 31.6 Å². The summed E-state index contributed by atoms with van der Waals surface area (Å²) in [5, 5.41) is 11.8. The van der Waals surface area contributed by atoms with Crippen molar-refractivity contribution in [2.45, 2.75) is 63.6 Å². The topological polar surface area (TPSA) is 23.5 Å². The van der Waals surface area contributed by atoms with E-state index < -0.39 is 5.60 Å². The van der Waals surface area contributed by atoms with Gasteiger partial charge in [0.25, 0.3) is 0 Å². The van der Waals surface area contributed by atoms with Crippen LogP contribution in [-0.2, 0) is 5.60 Å². The molecule has 130 valence electrons. The van der Waals surface area contributed by atoms with Crippen LogP contribution in [0.25, 0.3) is 0 Å². The molecule has 4 heterocycles. The molecule has 2 saturated heterocycles. The van der Waals surface area contributed by atoms with E-state index in [-0.39, 0.29) is 0 Å². The summed E-state index contributed by atoms with van der Waals surface area (Å²) < 4.78 is 0. The van der Waals surface area contributed by atoms with Gasteiger partial charge in [0.2, 0.25) is 0 Å². The van der Waals surface area contributed by atoms with Crippen LogP contribution >= 0.6 is 22.7 Å². The van der Waals surface area contributed by atoms with Crippen molar-refractivity contribution < 1.29 is 5.11 Å². The van der Waals surface area contributed by atoms with Crippen LogP contribution in [0.5, 0.6) is 0 Å². The molecule has 0 spiro atoms. The highest BCUT2D eigenvalue weighted by Crippen LogP contribution is 2.47. The smallest absolute Gasteiger partial charge is 0.133 e.